The summed E-state index contributed by atoms with van der Waals surface area (Å²) in [5.41, 5.74) is 0.816. The van der Waals surface area contributed by atoms with Crippen LogP contribution in [-0.2, 0) is 9.53 Å². The molecule has 18 heavy (non-hydrogen) atoms. The van der Waals surface area contributed by atoms with E-state index in [0.717, 1.165) is 22.5 Å². The molecule has 1 heterocycles. The molecule has 98 valence electrons. The van der Waals surface area contributed by atoms with Crippen LogP contribution in [0.15, 0.2) is 22.8 Å². The van der Waals surface area contributed by atoms with Gasteiger partial charge in [0.15, 0.2) is 0 Å². The van der Waals surface area contributed by atoms with Gasteiger partial charge in [-0.1, -0.05) is 6.92 Å². The van der Waals surface area contributed by atoms with Crippen LogP contribution in [0, 0.1) is 11.8 Å². The number of pyridine rings is 1. The Balaban J connectivity index is 2.12. The number of esters is 1. The molecule has 1 saturated carbocycles. The topological polar surface area (TPSA) is 39.2 Å². The number of nitrogens with zero attached hydrogens (tertiary/aromatic N) is 1. The number of halogens is 1. The molecule has 0 aromatic carbocycles. The van der Waals surface area contributed by atoms with E-state index >= 15 is 0 Å². The molecule has 4 heteroatoms. The van der Waals surface area contributed by atoms with Gasteiger partial charge in [-0.2, -0.15) is 0 Å². The second-order valence-corrected chi connectivity index (χ2v) is 5.83. The minimum atomic E-state index is -0.215. The maximum atomic E-state index is 12.0. The first-order chi connectivity index (χ1) is 8.61. The van der Waals surface area contributed by atoms with E-state index < -0.39 is 0 Å². The molecule has 0 aliphatic heterocycles. The molecule has 0 N–H and O–H groups in total. The predicted molar refractivity (Wildman–Crippen MR) is 73.2 cm³/mol. The van der Waals surface area contributed by atoms with Crippen molar-refractivity contribution in [2.24, 2.45) is 11.8 Å². The lowest BCUT2D eigenvalue weighted by molar-refractivity contribution is -0.145. The van der Waals surface area contributed by atoms with E-state index in [-0.39, 0.29) is 11.9 Å². The van der Waals surface area contributed by atoms with Crippen LogP contribution >= 0.6 is 15.9 Å². The molecule has 0 saturated heterocycles. The van der Waals surface area contributed by atoms with Crippen molar-refractivity contribution in [2.45, 2.75) is 32.6 Å². The molecular formula is C14H18BrNO2. The summed E-state index contributed by atoms with van der Waals surface area (Å²) in [6.07, 6.45) is 3.80. The van der Waals surface area contributed by atoms with Crippen molar-refractivity contribution in [3.05, 3.63) is 28.5 Å². The monoisotopic (exact) mass is 311 g/mol. The molecule has 3 atom stereocenters. The third kappa shape index (κ3) is 3.31. The van der Waals surface area contributed by atoms with Gasteiger partial charge in [0, 0.05) is 10.7 Å². The highest BCUT2D eigenvalue weighted by atomic mass is 79.9. The summed E-state index contributed by atoms with van der Waals surface area (Å²) < 4.78 is 6.09. The third-order valence-electron chi connectivity index (χ3n) is 3.49. The Hall–Kier alpha value is -0.900. The quantitative estimate of drug-likeness (QED) is 0.781. The molecule has 3 unspecified atom stereocenters. The average molecular weight is 312 g/mol. The van der Waals surface area contributed by atoms with E-state index in [0.29, 0.717) is 12.5 Å². The fourth-order valence-corrected chi connectivity index (χ4v) is 2.44. The third-order valence-corrected chi connectivity index (χ3v) is 3.96. The van der Waals surface area contributed by atoms with Crippen LogP contribution in [0.1, 0.15) is 38.3 Å². The summed E-state index contributed by atoms with van der Waals surface area (Å²) in [7, 11) is 0. The largest absolute Gasteiger partial charge is 0.465 e. The molecule has 0 amide bonds. The van der Waals surface area contributed by atoms with Crippen LogP contribution < -0.4 is 0 Å². The van der Waals surface area contributed by atoms with Gasteiger partial charge < -0.3 is 4.74 Å². The molecule has 1 aromatic rings. The molecule has 1 aliphatic carbocycles. The normalized spacial score (nSPS) is 23.5. The van der Waals surface area contributed by atoms with Gasteiger partial charge in [0.25, 0.3) is 0 Å². The number of aromatic nitrogens is 1. The summed E-state index contributed by atoms with van der Waals surface area (Å²) in [6, 6.07) is 3.82. The first-order valence-corrected chi connectivity index (χ1v) is 7.19. The number of hydrogen-bond acceptors (Lipinski definition) is 3. The Morgan fingerprint density at radius 2 is 2.33 bits per heavy atom. The van der Waals surface area contributed by atoms with Gasteiger partial charge in [-0.3, -0.25) is 9.78 Å². The highest BCUT2D eigenvalue weighted by Gasteiger charge is 2.38. The lowest BCUT2D eigenvalue weighted by atomic mass is 9.97. The molecule has 1 aliphatic rings. The maximum absolute atomic E-state index is 12.0. The molecule has 1 fully saturated rings. The SMILES string of the molecule is CCOC(=O)C(CC1CC1C)c1ccc(Br)cn1. The highest BCUT2D eigenvalue weighted by Crippen LogP contribution is 2.44. The Morgan fingerprint density at radius 3 is 2.83 bits per heavy atom. The van der Waals surface area contributed by atoms with E-state index in [1.54, 1.807) is 6.20 Å². The summed E-state index contributed by atoms with van der Waals surface area (Å²) in [4.78, 5) is 16.4. The van der Waals surface area contributed by atoms with Crippen LogP contribution in [0.5, 0.6) is 0 Å². The minimum absolute atomic E-state index is 0.147. The van der Waals surface area contributed by atoms with Gasteiger partial charge in [-0.25, -0.2) is 0 Å². The average Bonchev–Trinajstić information content (AvgIpc) is 3.04. The molecule has 1 aromatic heterocycles. The molecular weight excluding hydrogens is 294 g/mol. The van der Waals surface area contributed by atoms with Crippen molar-refractivity contribution >= 4 is 21.9 Å². The maximum Gasteiger partial charge on any atom is 0.315 e. The fourth-order valence-electron chi connectivity index (χ4n) is 2.20. The minimum Gasteiger partial charge on any atom is -0.465 e. The Morgan fingerprint density at radius 1 is 1.61 bits per heavy atom. The van der Waals surface area contributed by atoms with E-state index in [1.165, 1.54) is 6.42 Å². The number of rotatable bonds is 5. The van der Waals surface area contributed by atoms with Crippen LogP contribution in [0.4, 0.5) is 0 Å². The van der Waals surface area contributed by atoms with E-state index in [4.69, 9.17) is 4.74 Å². The number of carbonyl (C=O) groups excluding carboxylic acids is 1. The van der Waals surface area contributed by atoms with Crippen LogP contribution in [0.3, 0.4) is 0 Å². The summed E-state index contributed by atoms with van der Waals surface area (Å²) >= 11 is 3.36. The lowest BCUT2D eigenvalue weighted by Crippen LogP contribution is -2.18. The lowest BCUT2D eigenvalue weighted by Gasteiger charge is -2.15. The number of carbonyl (C=O) groups is 1. The molecule has 0 spiro atoms. The van der Waals surface area contributed by atoms with Crippen LogP contribution in [0.25, 0.3) is 0 Å². The van der Waals surface area contributed by atoms with Crippen molar-refractivity contribution in [2.75, 3.05) is 6.61 Å². The Kier molecular flexibility index (Phi) is 4.38. The van der Waals surface area contributed by atoms with Gasteiger partial charge >= 0.3 is 5.97 Å². The smallest absolute Gasteiger partial charge is 0.315 e. The summed E-state index contributed by atoms with van der Waals surface area (Å²) in [6.45, 7) is 4.48. The number of hydrogen-bond donors (Lipinski definition) is 0. The Labute approximate surface area is 116 Å². The first-order valence-electron chi connectivity index (χ1n) is 6.40. The second-order valence-electron chi connectivity index (χ2n) is 4.91. The molecule has 0 radical (unpaired) electrons. The van der Waals surface area contributed by atoms with Gasteiger partial charge in [-0.15, -0.1) is 0 Å². The Bertz CT molecular complexity index is 418. The zero-order valence-electron chi connectivity index (χ0n) is 10.7. The van der Waals surface area contributed by atoms with E-state index in [2.05, 4.69) is 27.8 Å². The number of ether oxygens (including phenoxy) is 1. The molecule has 0 bridgehead atoms. The van der Waals surface area contributed by atoms with Crippen LogP contribution in [0.2, 0.25) is 0 Å². The zero-order valence-corrected chi connectivity index (χ0v) is 12.3. The fraction of sp³-hybridized carbons (Fsp3) is 0.571. The van der Waals surface area contributed by atoms with Crippen LogP contribution in [-0.4, -0.2) is 17.6 Å². The highest BCUT2D eigenvalue weighted by molar-refractivity contribution is 9.10. The van der Waals surface area contributed by atoms with Crippen molar-refractivity contribution in [3.8, 4) is 0 Å². The molecule has 3 nitrogen and oxygen atoms in total. The van der Waals surface area contributed by atoms with Crippen molar-refractivity contribution in [1.29, 1.82) is 0 Å². The summed E-state index contributed by atoms with van der Waals surface area (Å²) in [5, 5.41) is 0. The van der Waals surface area contributed by atoms with E-state index in [1.807, 2.05) is 19.1 Å². The summed E-state index contributed by atoms with van der Waals surface area (Å²) in [5.74, 6) is 1.02. The van der Waals surface area contributed by atoms with E-state index in [9.17, 15) is 4.79 Å². The van der Waals surface area contributed by atoms with Gasteiger partial charge in [0.05, 0.1) is 18.2 Å². The first kappa shape index (κ1) is 13.5. The molecule has 2 rings (SSSR count). The van der Waals surface area contributed by atoms with Crippen molar-refractivity contribution in [3.63, 3.8) is 0 Å². The van der Waals surface area contributed by atoms with Crippen molar-refractivity contribution in [1.82, 2.24) is 4.98 Å². The zero-order chi connectivity index (χ0) is 13.1. The van der Waals surface area contributed by atoms with Gasteiger partial charge in [-0.05, 0) is 59.7 Å². The van der Waals surface area contributed by atoms with Gasteiger partial charge in [0.1, 0.15) is 0 Å². The second kappa shape index (κ2) is 5.83. The standard InChI is InChI=1S/C14H18BrNO2/c1-3-18-14(17)12(7-10-6-9(10)2)13-5-4-11(15)8-16-13/h4-5,8-10,12H,3,6-7H2,1-2H3. The predicted octanol–water partition coefficient (Wildman–Crippen LogP) is 3.54. The van der Waals surface area contributed by atoms with Gasteiger partial charge in [0.2, 0.25) is 0 Å². The van der Waals surface area contributed by atoms with Crippen molar-refractivity contribution < 1.29 is 9.53 Å².